The third-order valence-electron chi connectivity index (χ3n) is 4.79. The smallest absolute Gasteiger partial charge is 0.255 e. The highest BCUT2D eigenvalue weighted by atomic mass is 19.1. The summed E-state index contributed by atoms with van der Waals surface area (Å²) in [5, 5.41) is 6.77. The molecule has 4 aromatic rings. The summed E-state index contributed by atoms with van der Waals surface area (Å²) in [6, 6.07) is 16.6. The van der Waals surface area contributed by atoms with E-state index in [-0.39, 0.29) is 11.6 Å². The van der Waals surface area contributed by atoms with Gasteiger partial charge in [0.25, 0.3) is 5.91 Å². The van der Waals surface area contributed by atoms with Gasteiger partial charge in [0.2, 0.25) is 0 Å². The SMILES string of the molecule is COc1cccc2c(NCc3ccc(C(=O)Nc4cc(F)ccc4N)cc3)ncnc12. The number of halogens is 1. The Labute approximate surface area is 178 Å². The van der Waals surface area contributed by atoms with Gasteiger partial charge >= 0.3 is 0 Å². The van der Waals surface area contributed by atoms with Crippen molar-refractivity contribution in [2.75, 3.05) is 23.5 Å². The molecule has 0 aliphatic rings. The number of amides is 1. The van der Waals surface area contributed by atoms with Crippen molar-refractivity contribution in [1.82, 2.24) is 9.97 Å². The molecule has 31 heavy (non-hydrogen) atoms. The average Bonchev–Trinajstić information content (AvgIpc) is 2.80. The first-order valence-corrected chi connectivity index (χ1v) is 9.52. The Morgan fingerprint density at radius 3 is 2.68 bits per heavy atom. The quantitative estimate of drug-likeness (QED) is 0.406. The van der Waals surface area contributed by atoms with Crippen LogP contribution in [0.2, 0.25) is 0 Å². The highest BCUT2D eigenvalue weighted by molar-refractivity contribution is 6.05. The molecule has 0 fully saturated rings. The summed E-state index contributed by atoms with van der Waals surface area (Å²) in [6.45, 7) is 0.502. The van der Waals surface area contributed by atoms with E-state index in [2.05, 4.69) is 20.6 Å². The lowest BCUT2D eigenvalue weighted by Crippen LogP contribution is -2.13. The van der Waals surface area contributed by atoms with Gasteiger partial charge in [-0.3, -0.25) is 4.79 Å². The minimum Gasteiger partial charge on any atom is -0.494 e. The van der Waals surface area contributed by atoms with Gasteiger partial charge in [0, 0.05) is 17.5 Å². The van der Waals surface area contributed by atoms with Crippen LogP contribution < -0.4 is 21.1 Å². The van der Waals surface area contributed by atoms with Crippen LogP contribution in [0.15, 0.2) is 67.0 Å². The van der Waals surface area contributed by atoms with Crippen molar-refractivity contribution in [2.24, 2.45) is 0 Å². The molecule has 0 atom stereocenters. The summed E-state index contributed by atoms with van der Waals surface area (Å²) in [4.78, 5) is 21.1. The number of hydrogen-bond donors (Lipinski definition) is 3. The Morgan fingerprint density at radius 2 is 1.90 bits per heavy atom. The lowest BCUT2D eigenvalue weighted by atomic mass is 10.1. The van der Waals surface area contributed by atoms with Crippen molar-refractivity contribution in [3.63, 3.8) is 0 Å². The lowest BCUT2D eigenvalue weighted by molar-refractivity contribution is 0.102. The number of fused-ring (bicyclic) bond motifs is 1. The van der Waals surface area contributed by atoms with E-state index in [1.165, 1.54) is 24.5 Å². The van der Waals surface area contributed by atoms with E-state index in [1.807, 2.05) is 30.3 Å². The van der Waals surface area contributed by atoms with Crippen LogP contribution in [0, 0.1) is 5.82 Å². The van der Waals surface area contributed by atoms with Crippen LogP contribution in [-0.2, 0) is 6.54 Å². The van der Waals surface area contributed by atoms with E-state index in [9.17, 15) is 9.18 Å². The van der Waals surface area contributed by atoms with Gasteiger partial charge in [0.15, 0.2) is 0 Å². The molecule has 0 saturated carbocycles. The van der Waals surface area contributed by atoms with Gasteiger partial charge in [-0.25, -0.2) is 14.4 Å². The van der Waals surface area contributed by atoms with Crippen LogP contribution in [0.25, 0.3) is 10.9 Å². The Bertz CT molecular complexity index is 1240. The number of carbonyl (C=O) groups excluding carboxylic acids is 1. The molecule has 3 aromatic carbocycles. The molecule has 1 amide bonds. The van der Waals surface area contributed by atoms with Crippen molar-refractivity contribution in [1.29, 1.82) is 0 Å². The van der Waals surface area contributed by atoms with Gasteiger partial charge in [-0.2, -0.15) is 0 Å². The van der Waals surface area contributed by atoms with Crippen LogP contribution in [0.1, 0.15) is 15.9 Å². The molecular formula is C23H20FN5O2. The lowest BCUT2D eigenvalue weighted by Gasteiger charge is -2.11. The van der Waals surface area contributed by atoms with E-state index in [0.29, 0.717) is 29.4 Å². The second-order valence-electron chi connectivity index (χ2n) is 6.81. The van der Waals surface area contributed by atoms with E-state index in [1.54, 1.807) is 19.2 Å². The van der Waals surface area contributed by atoms with E-state index >= 15 is 0 Å². The molecule has 1 aromatic heterocycles. The molecule has 0 radical (unpaired) electrons. The molecule has 4 rings (SSSR count). The number of hydrogen-bond acceptors (Lipinski definition) is 6. The monoisotopic (exact) mass is 417 g/mol. The summed E-state index contributed by atoms with van der Waals surface area (Å²) >= 11 is 0. The number of anilines is 3. The Hall–Kier alpha value is -4.20. The number of nitrogen functional groups attached to an aromatic ring is 1. The highest BCUT2D eigenvalue weighted by Gasteiger charge is 2.10. The maximum absolute atomic E-state index is 13.4. The second kappa shape index (κ2) is 8.66. The molecule has 0 unspecified atom stereocenters. The molecule has 0 saturated heterocycles. The molecule has 7 nitrogen and oxygen atoms in total. The van der Waals surface area contributed by atoms with Gasteiger partial charge in [0.05, 0.1) is 18.5 Å². The Kier molecular flexibility index (Phi) is 5.61. The van der Waals surface area contributed by atoms with Crippen LogP contribution in [0.4, 0.5) is 21.6 Å². The fourth-order valence-electron chi connectivity index (χ4n) is 3.16. The Balaban J connectivity index is 1.45. The molecule has 156 valence electrons. The zero-order valence-electron chi connectivity index (χ0n) is 16.7. The van der Waals surface area contributed by atoms with Gasteiger partial charge in [-0.05, 0) is 48.0 Å². The zero-order valence-corrected chi connectivity index (χ0v) is 16.7. The average molecular weight is 417 g/mol. The number of ether oxygens (including phenoxy) is 1. The largest absolute Gasteiger partial charge is 0.494 e. The fourth-order valence-corrected chi connectivity index (χ4v) is 3.16. The van der Waals surface area contributed by atoms with Crippen LogP contribution >= 0.6 is 0 Å². The molecular weight excluding hydrogens is 397 g/mol. The highest BCUT2D eigenvalue weighted by Crippen LogP contribution is 2.27. The maximum Gasteiger partial charge on any atom is 0.255 e. The molecule has 0 aliphatic carbocycles. The van der Waals surface area contributed by atoms with Gasteiger partial charge in [-0.1, -0.05) is 18.2 Å². The zero-order chi connectivity index (χ0) is 21.8. The second-order valence-corrected chi connectivity index (χ2v) is 6.81. The summed E-state index contributed by atoms with van der Waals surface area (Å²) < 4.78 is 18.7. The fraction of sp³-hybridized carbons (Fsp3) is 0.0870. The first kappa shape index (κ1) is 20.1. The van der Waals surface area contributed by atoms with E-state index in [4.69, 9.17) is 10.5 Å². The first-order valence-electron chi connectivity index (χ1n) is 9.52. The van der Waals surface area contributed by atoms with E-state index in [0.717, 1.165) is 16.5 Å². The molecule has 0 bridgehead atoms. The third-order valence-corrected chi connectivity index (χ3v) is 4.79. The van der Waals surface area contributed by atoms with E-state index < -0.39 is 5.82 Å². The van der Waals surface area contributed by atoms with Crippen molar-refractivity contribution >= 4 is 34.0 Å². The van der Waals surface area contributed by atoms with Crippen molar-refractivity contribution in [2.45, 2.75) is 6.54 Å². The van der Waals surface area contributed by atoms with Crippen LogP contribution in [0.5, 0.6) is 5.75 Å². The normalized spacial score (nSPS) is 10.6. The molecule has 1 heterocycles. The molecule has 0 spiro atoms. The van der Waals surface area contributed by atoms with Crippen LogP contribution in [0.3, 0.4) is 0 Å². The molecule has 8 heteroatoms. The minimum absolute atomic E-state index is 0.238. The van der Waals surface area contributed by atoms with Crippen molar-refractivity contribution in [3.05, 3.63) is 83.9 Å². The minimum atomic E-state index is -0.471. The number of rotatable bonds is 6. The predicted molar refractivity (Wildman–Crippen MR) is 119 cm³/mol. The van der Waals surface area contributed by atoms with Crippen molar-refractivity contribution in [3.8, 4) is 5.75 Å². The number of para-hydroxylation sites is 1. The third kappa shape index (κ3) is 4.37. The number of carbonyl (C=O) groups is 1. The topological polar surface area (TPSA) is 102 Å². The molecule has 0 aliphatic heterocycles. The van der Waals surface area contributed by atoms with Crippen LogP contribution in [-0.4, -0.2) is 23.0 Å². The first-order chi connectivity index (χ1) is 15.0. The standard InChI is InChI=1S/C23H20FN5O2/c1-31-20-4-2-3-17-21(20)27-13-28-22(17)26-12-14-5-7-15(8-6-14)23(30)29-19-11-16(24)9-10-18(19)25/h2-11,13H,12,25H2,1H3,(H,29,30)(H,26,27,28). The summed E-state index contributed by atoms with van der Waals surface area (Å²) in [7, 11) is 1.60. The summed E-state index contributed by atoms with van der Waals surface area (Å²) in [6.07, 6.45) is 1.48. The predicted octanol–water partition coefficient (Wildman–Crippen LogP) is 4.22. The Morgan fingerprint density at radius 1 is 1.10 bits per heavy atom. The number of methoxy groups -OCH3 is 1. The number of benzene rings is 3. The number of nitrogens with one attached hydrogen (secondary N) is 2. The molecule has 4 N–H and O–H groups in total. The van der Waals surface area contributed by atoms with Gasteiger partial charge in [-0.15, -0.1) is 0 Å². The number of nitrogens with zero attached hydrogens (tertiary/aromatic N) is 2. The van der Waals surface area contributed by atoms with Gasteiger partial charge in [0.1, 0.15) is 29.2 Å². The number of aromatic nitrogens is 2. The number of nitrogens with two attached hydrogens (primary N) is 1. The summed E-state index contributed by atoms with van der Waals surface area (Å²) in [5.41, 5.74) is 8.44. The van der Waals surface area contributed by atoms with Crippen molar-refractivity contribution < 1.29 is 13.9 Å². The maximum atomic E-state index is 13.4. The van der Waals surface area contributed by atoms with Gasteiger partial charge < -0.3 is 21.1 Å². The summed E-state index contributed by atoms with van der Waals surface area (Å²) in [5.74, 6) is 0.524.